The van der Waals surface area contributed by atoms with Crippen molar-refractivity contribution in [1.82, 2.24) is 0 Å². The van der Waals surface area contributed by atoms with Crippen LogP contribution in [0.1, 0.15) is 6.92 Å². The van der Waals surface area contributed by atoms with Gasteiger partial charge in [0.05, 0.1) is 3.57 Å². The van der Waals surface area contributed by atoms with Crippen LogP contribution >= 0.6 is 67.8 Å². The van der Waals surface area contributed by atoms with E-state index in [1.165, 1.54) is 0 Å². The van der Waals surface area contributed by atoms with E-state index in [1.54, 1.807) is 6.92 Å². The van der Waals surface area contributed by atoms with Gasteiger partial charge < -0.3 is 14.6 Å². The fourth-order valence-corrected chi connectivity index (χ4v) is 3.43. The Morgan fingerprint density at radius 1 is 1.35 bits per heavy atom. The maximum absolute atomic E-state index is 11.2. The van der Waals surface area contributed by atoms with E-state index in [4.69, 9.17) is 9.47 Å². The van der Waals surface area contributed by atoms with Crippen molar-refractivity contribution in [2.75, 3.05) is 13.2 Å². The number of aliphatic hydroxyl groups excluding tert-OH is 1. The first-order valence-electron chi connectivity index (χ1n) is 5.59. The summed E-state index contributed by atoms with van der Waals surface area (Å²) in [5, 5.41) is 9.73. The Morgan fingerprint density at radius 3 is 2.60 bits per heavy atom. The molecule has 1 unspecified atom stereocenters. The van der Waals surface area contributed by atoms with Gasteiger partial charge in [-0.3, -0.25) is 0 Å². The summed E-state index contributed by atoms with van der Waals surface area (Å²) in [4.78, 5) is 11.2. The van der Waals surface area contributed by atoms with Crippen molar-refractivity contribution in [3.8, 4) is 5.75 Å². The molecule has 0 amide bonds. The Balaban J connectivity index is 2.51. The number of rotatable bonds is 6. The summed E-state index contributed by atoms with van der Waals surface area (Å²) < 4.78 is 13.6. The zero-order chi connectivity index (χ0) is 15.3. The molecule has 0 fully saturated rings. The van der Waals surface area contributed by atoms with Crippen LogP contribution in [0.2, 0.25) is 0 Å². The van der Waals surface area contributed by atoms with Crippen molar-refractivity contribution in [2.45, 2.75) is 13.0 Å². The molecule has 0 aliphatic carbocycles. The largest absolute Gasteiger partial charge is 0.490 e. The molecule has 1 rings (SSSR count). The van der Waals surface area contributed by atoms with E-state index in [2.05, 4.69) is 74.4 Å². The normalized spacial score (nSPS) is 11.8. The van der Waals surface area contributed by atoms with Gasteiger partial charge in [0.15, 0.2) is 0 Å². The molecule has 0 aliphatic heterocycles. The lowest BCUT2D eigenvalue weighted by atomic mass is 10.3. The van der Waals surface area contributed by atoms with Gasteiger partial charge in [0, 0.05) is 12.7 Å². The molecular formula is C13H13I3O4. The van der Waals surface area contributed by atoms with Crippen LogP contribution in [0.25, 0.3) is 0 Å². The van der Waals surface area contributed by atoms with Crippen LogP contribution in [-0.4, -0.2) is 30.4 Å². The number of esters is 1. The van der Waals surface area contributed by atoms with Crippen LogP contribution < -0.4 is 4.74 Å². The fourth-order valence-electron chi connectivity index (χ4n) is 1.17. The summed E-state index contributed by atoms with van der Waals surface area (Å²) in [6.07, 6.45) is -0.871. The first kappa shape index (κ1) is 18.4. The Bertz CT molecular complexity index is 517. The van der Waals surface area contributed by atoms with E-state index >= 15 is 0 Å². The lowest BCUT2D eigenvalue weighted by molar-refractivity contribution is -0.142. The smallest absolute Gasteiger partial charge is 0.333 e. The number of benzene rings is 1. The van der Waals surface area contributed by atoms with Gasteiger partial charge in [0.2, 0.25) is 0 Å². The molecule has 0 heterocycles. The topological polar surface area (TPSA) is 55.8 Å². The van der Waals surface area contributed by atoms with Gasteiger partial charge in [-0.2, -0.15) is 0 Å². The van der Waals surface area contributed by atoms with Crippen molar-refractivity contribution in [1.29, 1.82) is 0 Å². The van der Waals surface area contributed by atoms with Crippen LogP contribution in [0.3, 0.4) is 0 Å². The molecule has 4 nitrogen and oxygen atoms in total. The molecular weight excluding hydrogens is 601 g/mol. The molecule has 0 radical (unpaired) electrons. The molecule has 1 aromatic rings. The Labute approximate surface area is 158 Å². The van der Waals surface area contributed by atoms with Gasteiger partial charge in [-0.25, -0.2) is 4.79 Å². The highest BCUT2D eigenvalue weighted by Gasteiger charge is 2.12. The second-order valence-electron chi connectivity index (χ2n) is 4.04. The number of hydrogen-bond donors (Lipinski definition) is 1. The van der Waals surface area contributed by atoms with Crippen molar-refractivity contribution in [3.63, 3.8) is 0 Å². The second kappa shape index (κ2) is 8.73. The van der Waals surface area contributed by atoms with Gasteiger partial charge in [-0.15, -0.1) is 0 Å². The van der Waals surface area contributed by atoms with Gasteiger partial charge in [0.25, 0.3) is 0 Å². The van der Waals surface area contributed by atoms with Gasteiger partial charge >= 0.3 is 5.97 Å². The molecule has 1 aromatic carbocycles. The van der Waals surface area contributed by atoms with Crippen LogP contribution in [0.5, 0.6) is 5.75 Å². The summed E-state index contributed by atoms with van der Waals surface area (Å²) in [6.45, 7) is 4.98. The molecule has 0 aliphatic rings. The van der Waals surface area contributed by atoms with Crippen molar-refractivity contribution >= 4 is 73.7 Å². The minimum absolute atomic E-state index is 0.0651. The number of halogens is 3. The predicted octanol–water partition coefficient (Wildman–Crippen LogP) is 3.36. The quantitative estimate of drug-likeness (QED) is 0.232. The van der Waals surface area contributed by atoms with Crippen molar-refractivity contribution in [2.24, 2.45) is 0 Å². The summed E-state index contributed by atoms with van der Waals surface area (Å²) in [7, 11) is 0. The Hall–Kier alpha value is 0.380. The van der Waals surface area contributed by atoms with E-state index in [0.29, 0.717) is 11.3 Å². The monoisotopic (exact) mass is 614 g/mol. The molecule has 0 saturated heterocycles. The third kappa shape index (κ3) is 6.02. The zero-order valence-corrected chi connectivity index (χ0v) is 17.1. The second-order valence-corrected chi connectivity index (χ2v) is 7.53. The van der Waals surface area contributed by atoms with Crippen LogP contribution in [0.4, 0.5) is 0 Å². The fraction of sp³-hybridized carbons (Fsp3) is 0.308. The third-order valence-corrected chi connectivity index (χ3v) is 5.76. The van der Waals surface area contributed by atoms with Gasteiger partial charge in [-0.1, -0.05) is 6.58 Å². The number of carbonyl (C=O) groups is 1. The SMILES string of the molecule is C=C(C)C(=O)OCC(O)COc1cc(I)cc(I)c1I. The summed E-state index contributed by atoms with van der Waals surface area (Å²) in [5.41, 5.74) is 0.305. The van der Waals surface area contributed by atoms with Gasteiger partial charge in [-0.05, 0) is 86.8 Å². The minimum atomic E-state index is -0.871. The average molecular weight is 614 g/mol. The maximum Gasteiger partial charge on any atom is 0.333 e. The Kier molecular flexibility index (Phi) is 8.05. The Morgan fingerprint density at radius 2 is 2.00 bits per heavy atom. The van der Waals surface area contributed by atoms with E-state index in [0.717, 1.165) is 10.7 Å². The maximum atomic E-state index is 11.2. The molecule has 1 N–H and O–H groups in total. The van der Waals surface area contributed by atoms with E-state index in [1.807, 2.05) is 12.1 Å². The highest BCUT2D eigenvalue weighted by Crippen LogP contribution is 2.28. The molecule has 110 valence electrons. The van der Waals surface area contributed by atoms with E-state index in [-0.39, 0.29) is 13.2 Å². The molecule has 1 atom stereocenters. The highest BCUT2D eigenvalue weighted by atomic mass is 127. The first-order chi connectivity index (χ1) is 9.31. The number of carbonyl (C=O) groups excluding carboxylic acids is 1. The van der Waals surface area contributed by atoms with Crippen molar-refractivity contribution < 1.29 is 19.4 Å². The number of hydrogen-bond acceptors (Lipinski definition) is 4. The summed E-state index contributed by atoms with van der Waals surface area (Å²) >= 11 is 6.63. The van der Waals surface area contributed by atoms with E-state index in [9.17, 15) is 9.90 Å². The number of aliphatic hydroxyl groups is 1. The molecule has 0 bridgehead atoms. The molecule has 7 heteroatoms. The lowest BCUT2D eigenvalue weighted by Crippen LogP contribution is -2.25. The summed E-state index contributed by atoms with van der Waals surface area (Å²) in [6, 6.07) is 3.94. The standard InChI is InChI=1S/C13H13I3O4/c1-7(2)13(18)20-6-9(17)5-19-11-4-8(14)3-10(15)12(11)16/h3-4,9,17H,1,5-6H2,2H3. The lowest BCUT2D eigenvalue weighted by Gasteiger charge is -2.14. The minimum Gasteiger partial charge on any atom is -0.490 e. The molecule has 20 heavy (non-hydrogen) atoms. The predicted molar refractivity (Wildman–Crippen MR) is 102 cm³/mol. The zero-order valence-electron chi connectivity index (χ0n) is 10.7. The molecule has 0 saturated carbocycles. The highest BCUT2D eigenvalue weighted by molar-refractivity contribution is 14.1. The van der Waals surface area contributed by atoms with Crippen LogP contribution in [0, 0.1) is 10.7 Å². The van der Waals surface area contributed by atoms with Crippen LogP contribution in [0.15, 0.2) is 24.3 Å². The number of ether oxygens (including phenoxy) is 2. The first-order valence-corrected chi connectivity index (χ1v) is 8.83. The van der Waals surface area contributed by atoms with Gasteiger partial charge in [0.1, 0.15) is 25.1 Å². The molecule has 0 aromatic heterocycles. The average Bonchev–Trinajstić information content (AvgIpc) is 2.38. The van der Waals surface area contributed by atoms with E-state index < -0.39 is 12.1 Å². The van der Waals surface area contributed by atoms with Crippen molar-refractivity contribution in [3.05, 3.63) is 35.0 Å². The van der Waals surface area contributed by atoms with Crippen LogP contribution in [-0.2, 0) is 9.53 Å². The summed E-state index contributed by atoms with van der Waals surface area (Å²) in [5.74, 6) is 0.203. The third-order valence-electron chi connectivity index (χ3n) is 2.15. The molecule has 0 spiro atoms.